The zero-order valence-corrected chi connectivity index (χ0v) is 9.72. The van der Waals surface area contributed by atoms with Crippen LogP contribution in [-0.4, -0.2) is 11.9 Å². The third-order valence-corrected chi connectivity index (χ3v) is 2.36. The first-order valence-electron chi connectivity index (χ1n) is 5.06. The van der Waals surface area contributed by atoms with Gasteiger partial charge < -0.3 is 11.1 Å². The Morgan fingerprint density at radius 1 is 1.62 bits per heavy atom. The summed E-state index contributed by atoms with van der Waals surface area (Å²) >= 11 is 5.59. The highest BCUT2D eigenvalue weighted by molar-refractivity contribution is 6.30. The number of nitrogens with two attached hydrogens (primary N) is 1. The topological polar surface area (TPSA) is 55.1 Å². The lowest BCUT2D eigenvalue weighted by Crippen LogP contribution is -2.35. The fourth-order valence-electron chi connectivity index (χ4n) is 1.26. The fourth-order valence-corrected chi connectivity index (χ4v) is 1.42. The summed E-state index contributed by atoms with van der Waals surface area (Å²) in [6.45, 7) is 1.93. The van der Waals surface area contributed by atoms with Crippen LogP contribution in [-0.2, 0) is 4.79 Å². The smallest absolute Gasteiger partial charge is 0.241 e. The van der Waals surface area contributed by atoms with E-state index in [0.717, 1.165) is 12.5 Å². The minimum Gasteiger partial charge on any atom is -0.322 e. The van der Waals surface area contributed by atoms with Crippen LogP contribution >= 0.6 is 11.6 Å². The summed E-state index contributed by atoms with van der Waals surface area (Å²) in [5.41, 5.74) is 5.69. The molecule has 0 spiro atoms. The molecule has 1 aromatic rings. The van der Waals surface area contributed by atoms with Crippen molar-refractivity contribution >= 4 is 23.2 Å². The molecule has 0 aliphatic heterocycles. The highest BCUT2D eigenvalue weighted by Crippen LogP contribution is 2.19. The van der Waals surface area contributed by atoms with Crippen molar-refractivity contribution in [2.24, 2.45) is 5.73 Å². The van der Waals surface area contributed by atoms with Gasteiger partial charge in [-0.15, -0.1) is 0 Å². The molecule has 0 unspecified atom stereocenters. The number of rotatable bonds is 4. The first-order chi connectivity index (χ1) is 7.54. The normalized spacial score (nSPS) is 12.2. The number of hydrogen-bond acceptors (Lipinski definition) is 2. The third kappa shape index (κ3) is 3.47. The van der Waals surface area contributed by atoms with Gasteiger partial charge in [0.15, 0.2) is 0 Å². The largest absolute Gasteiger partial charge is 0.322 e. The van der Waals surface area contributed by atoms with Crippen LogP contribution in [0.1, 0.15) is 19.8 Å². The molecular weight excluding hydrogens is 231 g/mol. The Kier molecular flexibility index (Phi) is 4.71. The van der Waals surface area contributed by atoms with Gasteiger partial charge in [0.2, 0.25) is 5.91 Å². The lowest BCUT2D eigenvalue weighted by molar-refractivity contribution is -0.117. The molecule has 88 valence electrons. The minimum atomic E-state index is -0.611. The van der Waals surface area contributed by atoms with Crippen molar-refractivity contribution in [1.82, 2.24) is 0 Å². The fraction of sp³-hybridized carbons (Fsp3) is 0.364. The predicted octanol–water partition coefficient (Wildman–Crippen LogP) is 2.55. The molecule has 1 amide bonds. The second-order valence-electron chi connectivity index (χ2n) is 3.51. The SMILES string of the molecule is CCC[C@@H](N)C(=O)Nc1ccc(Cl)cc1F. The van der Waals surface area contributed by atoms with E-state index in [1.165, 1.54) is 12.1 Å². The highest BCUT2D eigenvalue weighted by Gasteiger charge is 2.14. The minimum absolute atomic E-state index is 0.0981. The van der Waals surface area contributed by atoms with Crippen molar-refractivity contribution in [2.75, 3.05) is 5.32 Å². The number of amides is 1. The van der Waals surface area contributed by atoms with Gasteiger partial charge in [0.25, 0.3) is 0 Å². The molecular formula is C11H14ClFN2O. The number of carbonyl (C=O) groups is 1. The molecule has 0 aromatic heterocycles. The molecule has 0 bridgehead atoms. The van der Waals surface area contributed by atoms with E-state index < -0.39 is 11.9 Å². The second-order valence-corrected chi connectivity index (χ2v) is 3.95. The first kappa shape index (κ1) is 12.9. The van der Waals surface area contributed by atoms with Crippen LogP contribution in [0.4, 0.5) is 10.1 Å². The van der Waals surface area contributed by atoms with Crippen LogP contribution in [0.2, 0.25) is 5.02 Å². The molecule has 1 atom stereocenters. The van der Waals surface area contributed by atoms with Gasteiger partial charge >= 0.3 is 0 Å². The van der Waals surface area contributed by atoms with Gasteiger partial charge in [-0.25, -0.2) is 4.39 Å². The number of benzene rings is 1. The van der Waals surface area contributed by atoms with Gasteiger partial charge in [-0.1, -0.05) is 24.9 Å². The molecule has 0 aliphatic carbocycles. The first-order valence-corrected chi connectivity index (χ1v) is 5.44. The van der Waals surface area contributed by atoms with E-state index in [9.17, 15) is 9.18 Å². The third-order valence-electron chi connectivity index (χ3n) is 2.13. The lowest BCUT2D eigenvalue weighted by atomic mass is 10.1. The number of halogens is 2. The molecule has 0 saturated carbocycles. The van der Waals surface area contributed by atoms with Crippen molar-refractivity contribution in [2.45, 2.75) is 25.8 Å². The van der Waals surface area contributed by atoms with Crippen LogP contribution in [0.5, 0.6) is 0 Å². The molecule has 3 nitrogen and oxygen atoms in total. The standard InChI is InChI=1S/C11H14ClFN2O/c1-2-3-9(14)11(16)15-10-5-4-7(12)6-8(10)13/h4-6,9H,2-3,14H2,1H3,(H,15,16)/t9-/m1/s1. The van der Waals surface area contributed by atoms with Crippen molar-refractivity contribution in [1.29, 1.82) is 0 Å². The van der Waals surface area contributed by atoms with Crippen molar-refractivity contribution < 1.29 is 9.18 Å². The Hall–Kier alpha value is -1.13. The van der Waals surface area contributed by atoms with E-state index in [1.807, 2.05) is 6.92 Å². The summed E-state index contributed by atoms with van der Waals surface area (Å²) in [5, 5.41) is 2.71. The number of carbonyl (C=O) groups excluding carboxylic acids is 1. The Balaban J connectivity index is 2.69. The van der Waals surface area contributed by atoms with Gasteiger partial charge in [-0.3, -0.25) is 4.79 Å². The molecule has 0 heterocycles. The van der Waals surface area contributed by atoms with E-state index in [0.29, 0.717) is 6.42 Å². The molecule has 1 aromatic carbocycles. The summed E-state index contributed by atoms with van der Waals surface area (Å²) in [6.07, 6.45) is 1.37. The number of anilines is 1. The van der Waals surface area contributed by atoms with E-state index in [2.05, 4.69) is 5.32 Å². The molecule has 0 fully saturated rings. The van der Waals surface area contributed by atoms with E-state index >= 15 is 0 Å². The maximum atomic E-state index is 13.3. The van der Waals surface area contributed by atoms with Gasteiger partial charge in [0, 0.05) is 5.02 Å². The van der Waals surface area contributed by atoms with Gasteiger partial charge in [-0.05, 0) is 24.6 Å². The summed E-state index contributed by atoms with van der Waals surface area (Å²) in [6, 6.07) is 3.45. The van der Waals surface area contributed by atoms with Crippen LogP contribution in [0.3, 0.4) is 0 Å². The van der Waals surface area contributed by atoms with E-state index in [-0.39, 0.29) is 16.6 Å². The van der Waals surface area contributed by atoms with Gasteiger partial charge in [0.05, 0.1) is 11.7 Å². The van der Waals surface area contributed by atoms with Crippen molar-refractivity contribution in [3.05, 3.63) is 29.0 Å². The maximum absolute atomic E-state index is 13.3. The maximum Gasteiger partial charge on any atom is 0.241 e. The molecule has 1 rings (SSSR count). The average Bonchev–Trinajstić information content (AvgIpc) is 2.22. The quantitative estimate of drug-likeness (QED) is 0.855. The summed E-state index contributed by atoms with van der Waals surface area (Å²) in [7, 11) is 0. The van der Waals surface area contributed by atoms with Gasteiger partial charge in [0.1, 0.15) is 5.82 Å². The second kappa shape index (κ2) is 5.82. The summed E-state index contributed by atoms with van der Waals surface area (Å²) in [4.78, 5) is 11.5. The molecule has 16 heavy (non-hydrogen) atoms. The number of hydrogen-bond donors (Lipinski definition) is 2. The van der Waals surface area contributed by atoms with Crippen molar-refractivity contribution in [3.63, 3.8) is 0 Å². The zero-order chi connectivity index (χ0) is 12.1. The Bertz CT molecular complexity index is 384. The Morgan fingerprint density at radius 2 is 2.31 bits per heavy atom. The molecule has 0 radical (unpaired) electrons. The monoisotopic (exact) mass is 244 g/mol. The average molecular weight is 245 g/mol. The molecule has 0 aliphatic rings. The molecule has 5 heteroatoms. The highest BCUT2D eigenvalue weighted by atomic mass is 35.5. The van der Waals surface area contributed by atoms with Crippen LogP contribution in [0, 0.1) is 5.82 Å². The Labute approximate surface area is 98.8 Å². The van der Waals surface area contributed by atoms with Crippen LogP contribution in [0.25, 0.3) is 0 Å². The van der Waals surface area contributed by atoms with Crippen LogP contribution in [0.15, 0.2) is 18.2 Å². The zero-order valence-electron chi connectivity index (χ0n) is 8.97. The van der Waals surface area contributed by atoms with E-state index in [4.69, 9.17) is 17.3 Å². The van der Waals surface area contributed by atoms with Crippen LogP contribution < -0.4 is 11.1 Å². The Morgan fingerprint density at radius 3 is 2.88 bits per heavy atom. The molecule has 0 saturated heterocycles. The summed E-state index contributed by atoms with van der Waals surface area (Å²) in [5.74, 6) is -0.951. The molecule has 3 N–H and O–H groups in total. The number of nitrogens with one attached hydrogen (secondary N) is 1. The van der Waals surface area contributed by atoms with E-state index in [1.54, 1.807) is 0 Å². The summed E-state index contributed by atoms with van der Waals surface area (Å²) < 4.78 is 13.3. The van der Waals surface area contributed by atoms with Gasteiger partial charge in [-0.2, -0.15) is 0 Å². The van der Waals surface area contributed by atoms with Crippen molar-refractivity contribution in [3.8, 4) is 0 Å². The predicted molar refractivity (Wildman–Crippen MR) is 62.9 cm³/mol. The lowest BCUT2D eigenvalue weighted by Gasteiger charge is -2.11.